The lowest BCUT2D eigenvalue weighted by Crippen LogP contribution is -2.31. The minimum absolute atomic E-state index is 0.194. The molecule has 2 heteroatoms. The van der Waals surface area contributed by atoms with Gasteiger partial charge in [-0.05, 0) is 26.7 Å². The normalized spacial score (nSPS) is 32.5. The maximum Gasteiger partial charge on any atom is 0.0781 e. The molecule has 1 heterocycles. The van der Waals surface area contributed by atoms with Crippen LogP contribution in [-0.4, -0.2) is 18.2 Å². The fraction of sp³-hybridized carbons (Fsp3) is 1.00. The molecular formula is C9H19NO. The molecule has 2 fully saturated rings. The molecule has 2 rings (SSSR count). The number of rotatable bonds is 0. The molecule has 0 radical (unpaired) electrons. The second-order valence-corrected chi connectivity index (χ2v) is 4.01. The van der Waals surface area contributed by atoms with Crippen molar-refractivity contribution in [1.82, 2.24) is 0 Å². The van der Waals surface area contributed by atoms with Crippen molar-refractivity contribution in [2.24, 2.45) is 5.73 Å². The highest BCUT2D eigenvalue weighted by atomic mass is 16.6. The van der Waals surface area contributed by atoms with Crippen molar-refractivity contribution in [3.8, 4) is 0 Å². The van der Waals surface area contributed by atoms with Crippen LogP contribution < -0.4 is 5.73 Å². The topological polar surface area (TPSA) is 38.5 Å². The van der Waals surface area contributed by atoms with E-state index in [4.69, 9.17) is 10.5 Å². The highest BCUT2D eigenvalue weighted by Crippen LogP contribution is 2.25. The Morgan fingerprint density at radius 3 is 1.82 bits per heavy atom. The van der Waals surface area contributed by atoms with E-state index in [1.165, 1.54) is 25.7 Å². The van der Waals surface area contributed by atoms with Gasteiger partial charge in [-0.25, -0.2) is 0 Å². The molecule has 0 aromatic carbocycles. The van der Waals surface area contributed by atoms with Gasteiger partial charge in [0.05, 0.1) is 12.7 Å². The predicted octanol–water partition coefficient (Wildman–Crippen LogP) is 1.68. The molecule has 0 aromatic rings. The maximum absolute atomic E-state index is 5.78. The Bertz CT molecular complexity index is 111. The van der Waals surface area contributed by atoms with Crippen molar-refractivity contribution in [1.29, 1.82) is 0 Å². The summed E-state index contributed by atoms with van der Waals surface area (Å²) in [5.41, 5.74) is 5.97. The molecule has 2 N–H and O–H groups in total. The summed E-state index contributed by atoms with van der Waals surface area (Å²) in [5, 5.41) is 0. The Kier molecular flexibility index (Phi) is 2.90. The lowest BCUT2D eigenvalue weighted by Gasteiger charge is -2.14. The first kappa shape index (κ1) is 9.01. The van der Waals surface area contributed by atoms with E-state index in [1.54, 1.807) is 0 Å². The van der Waals surface area contributed by atoms with Crippen LogP contribution in [0.15, 0.2) is 0 Å². The Labute approximate surface area is 69.1 Å². The first-order valence-corrected chi connectivity index (χ1v) is 4.51. The smallest absolute Gasteiger partial charge is 0.0781 e. The summed E-state index contributed by atoms with van der Waals surface area (Å²) in [7, 11) is 0. The number of nitrogens with two attached hydrogens (primary N) is 1. The molecule has 0 spiro atoms. The lowest BCUT2D eigenvalue weighted by atomic mass is 10.0. The lowest BCUT2D eigenvalue weighted by molar-refractivity contribution is 0.423. The zero-order chi connectivity index (χ0) is 8.32. The molecule has 0 bridgehead atoms. The summed E-state index contributed by atoms with van der Waals surface area (Å²) in [6.45, 7) is 5.18. The summed E-state index contributed by atoms with van der Waals surface area (Å²) in [4.78, 5) is 0. The molecule has 1 atom stereocenters. The minimum Gasteiger partial charge on any atom is -0.373 e. The minimum atomic E-state index is 0.194. The van der Waals surface area contributed by atoms with Crippen LogP contribution in [0.3, 0.4) is 0 Å². The van der Waals surface area contributed by atoms with Gasteiger partial charge in [0.2, 0.25) is 0 Å². The van der Waals surface area contributed by atoms with Crippen molar-refractivity contribution >= 4 is 0 Å². The van der Waals surface area contributed by atoms with Crippen molar-refractivity contribution in [3.05, 3.63) is 0 Å². The van der Waals surface area contributed by atoms with Crippen LogP contribution in [0.4, 0.5) is 0 Å². The standard InChI is InChI=1S/C6H13N.C3H6O/c1-6(7)4-2-3-5-6;1-3-2-4-3/h2-5,7H2,1H3;3H,2H2,1H3. The van der Waals surface area contributed by atoms with E-state index >= 15 is 0 Å². The van der Waals surface area contributed by atoms with Crippen LogP contribution in [0, 0.1) is 0 Å². The largest absolute Gasteiger partial charge is 0.373 e. The highest BCUT2D eigenvalue weighted by Gasteiger charge is 2.22. The van der Waals surface area contributed by atoms with Crippen LogP contribution in [-0.2, 0) is 4.74 Å². The molecule has 0 aromatic heterocycles. The van der Waals surface area contributed by atoms with E-state index in [1.807, 2.05) is 0 Å². The number of hydrogen-bond donors (Lipinski definition) is 1. The van der Waals surface area contributed by atoms with Crippen molar-refractivity contribution in [2.45, 2.75) is 51.2 Å². The van der Waals surface area contributed by atoms with E-state index < -0.39 is 0 Å². The van der Waals surface area contributed by atoms with Crippen LogP contribution >= 0.6 is 0 Å². The maximum atomic E-state index is 5.78. The van der Waals surface area contributed by atoms with Gasteiger partial charge in [0, 0.05) is 5.54 Å². The fourth-order valence-electron chi connectivity index (χ4n) is 1.28. The molecule has 1 aliphatic carbocycles. The second kappa shape index (κ2) is 3.55. The van der Waals surface area contributed by atoms with Gasteiger partial charge in [-0.3, -0.25) is 0 Å². The van der Waals surface area contributed by atoms with Crippen LogP contribution in [0.5, 0.6) is 0 Å². The van der Waals surface area contributed by atoms with Crippen molar-refractivity contribution in [3.63, 3.8) is 0 Å². The van der Waals surface area contributed by atoms with Crippen LogP contribution in [0.25, 0.3) is 0 Å². The molecule has 1 unspecified atom stereocenters. The molecule has 2 aliphatic rings. The molecule has 1 saturated heterocycles. The quantitative estimate of drug-likeness (QED) is 0.543. The monoisotopic (exact) mass is 157 g/mol. The van der Waals surface area contributed by atoms with Crippen LogP contribution in [0.1, 0.15) is 39.5 Å². The summed E-state index contributed by atoms with van der Waals surface area (Å²) in [6, 6.07) is 0. The zero-order valence-electron chi connectivity index (χ0n) is 7.60. The second-order valence-electron chi connectivity index (χ2n) is 4.01. The third-order valence-electron chi connectivity index (χ3n) is 2.25. The molecule has 11 heavy (non-hydrogen) atoms. The summed E-state index contributed by atoms with van der Waals surface area (Å²) in [5.74, 6) is 0. The number of hydrogen-bond acceptors (Lipinski definition) is 2. The fourth-order valence-corrected chi connectivity index (χ4v) is 1.28. The molecule has 1 saturated carbocycles. The van der Waals surface area contributed by atoms with Gasteiger partial charge < -0.3 is 10.5 Å². The van der Waals surface area contributed by atoms with E-state index in [9.17, 15) is 0 Å². The third kappa shape index (κ3) is 4.38. The Hall–Kier alpha value is -0.0800. The highest BCUT2D eigenvalue weighted by molar-refractivity contribution is 4.83. The number of ether oxygens (including phenoxy) is 1. The summed E-state index contributed by atoms with van der Waals surface area (Å²) >= 11 is 0. The van der Waals surface area contributed by atoms with E-state index in [-0.39, 0.29) is 5.54 Å². The molecular weight excluding hydrogens is 138 g/mol. The molecule has 66 valence electrons. The SMILES string of the molecule is CC1(N)CCCC1.CC1CO1. The van der Waals surface area contributed by atoms with Crippen LogP contribution in [0.2, 0.25) is 0 Å². The van der Waals surface area contributed by atoms with Gasteiger partial charge in [0.15, 0.2) is 0 Å². The average Bonchev–Trinajstić information content (AvgIpc) is 2.57. The summed E-state index contributed by atoms with van der Waals surface area (Å²) < 4.78 is 4.71. The average molecular weight is 157 g/mol. The third-order valence-corrected chi connectivity index (χ3v) is 2.25. The van der Waals surface area contributed by atoms with Gasteiger partial charge in [0.1, 0.15) is 0 Å². The first-order valence-electron chi connectivity index (χ1n) is 4.51. The first-order chi connectivity index (χ1) is 5.10. The van der Waals surface area contributed by atoms with Gasteiger partial charge in [0.25, 0.3) is 0 Å². The Morgan fingerprint density at radius 1 is 1.36 bits per heavy atom. The summed E-state index contributed by atoms with van der Waals surface area (Å²) in [6.07, 6.45) is 5.72. The van der Waals surface area contributed by atoms with E-state index in [0.717, 1.165) is 6.61 Å². The van der Waals surface area contributed by atoms with E-state index in [2.05, 4.69) is 13.8 Å². The van der Waals surface area contributed by atoms with Gasteiger partial charge >= 0.3 is 0 Å². The Balaban J connectivity index is 0.000000128. The van der Waals surface area contributed by atoms with Gasteiger partial charge in [-0.1, -0.05) is 12.8 Å². The molecule has 1 aliphatic heterocycles. The van der Waals surface area contributed by atoms with Gasteiger partial charge in [-0.2, -0.15) is 0 Å². The zero-order valence-corrected chi connectivity index (χ0v) is 7.60. The van der Waals surface area contributed by atoms with Crippen molar-refractivity contribution in [2.75, 3.05) is 6.61 Å². The number of epoxide rings is 1. The Morgan fingerprint density at radius 2 is 1.73 bits per heavy atom. The molecule has 2 nitrogen and oxygen atoms in total. The predicted molar refractivity (Wildman–Crippen MR) is 46.5 cm³/mol. The van der Waals surface area contributed by atoms with Gasteiger partial charge in [-0.15, -0.1) is 0 Å². The van der Waals surface area contributed by atoms with E-state index in [0.29, 0.717) is 6.10 Å². The van der Waals surface area contributed by atoms with Crippen molar-refractivity contribution < 1.29 is 4.74 Å². The molecule has 0 amide bonds.